The lowest BCUT2D eigenvalue weighted by Gasteiger charge is -2.36. The fourth-order valence-electron chi connectivity index (χ4n) is 2.57. The number of esters is 1. The summed E-state index contributed by atoms with van der Waals surface area (Å²) in [6.07, 6.45) is 0. The molecule has 114 valence electrons. The molecule has 2 aromatic carbocycles. The van der Waals surface area contributed by atoms with Crippen LogP contribution in [-0.4, -0.2) is 17.4 Å². The molecule has 0 saturated heterocycles. The molecule has 5 heteroatoms. The van der Waals surface area contributed by atoms with Gasteiger partial charge in [0.15, 0.2) is 0 Å². The van der Waals surface area contributed by atoms with Crippen LogP contribution in [-0.2, 0) is 14.9 Å². The molecule has 0 aliphatic heterocycles. The maximum atomic E-state index is 12.4. The first kappa shape index (κ1) is 16.7. The summed E-state index contributed by atoms with van der Waals surface area (Å²) in [5.74, 6) is -0.825. The summed E-state index contributed by atoms with van der Waals surface area (Å²) in [4.78, 5) is 12.4. The van der Waals surface area contributed by atoms with Gasteiger partial charge in [-0.1, -0.05) is 76.6 Å². The Hall–Kier alpha value is -2.63. The molecule has 0 heterocycles. The summed E-state index contributed by atoms with van der Waals surface area (Å²) in [5, 5.41) is 19.8. The zero-order valence-corrected chi connectivity index (χ0v) is 13.9. The van der Waals surface area contributed by atoms with Crippen molar-refractivity contribution >= 4 is 21.9 Å². The smallest absolute Gasteiger partial charge is 0.339 e. The summed E-state index contributed by atoms with van der Waals surface area (Å²) < 4.78 is 2.91. The van der Waals surface area contributed by atoms with E-state index in [0.717, 1.165) is 0 Å². The van der Waals surface area contributed by atoms with E-state index in [9.17, 15) is 15.3 Å². The lowest BCUT2D eigenvalue weighted by Crippen LogP contribution is -2.52. The fourth-order valence-corrected chi connectivity index (χ4v) is 3.28. The van der Waals surface area contributed by atoms with Gasteiger partial charge in [-0.2, -0.15) is 10.5 Å². The molecule has 0 radical (unpaired) electrons. The Balaban J connectivity index is 2.89. The number of rotatable bonds is 4. The molecule has 0 N–H and O–H groups in total. The van der Waals surface area contributed by atoms with Crippen LogP contribution in [0.3, 0.4) is 0 Å². The maximum absolute atomic E-state index is 12.4. The Morgan fingerprint density at radius 2 is 1.39 bits per heavy atom. The predicted octanol–water partition coefficient (Wildman–Crippen LogP) is 3.33. The van der Waals surface area contributed by atoms with Gasteiger partial charge in [0.25, 0.3) is 0 Å². The van der Waals surface area contributed by atoms with Gasteiger partial charge in [0.05, 0.1) is 19.2 Å². The van der Waals surface area contributed by atoms with Gasteiger partial charge in [-0.25, -0.2) is 4.79 Å². The third-order valence-electron chi connectivity index (χ3n) is 3.72. The number of nitrogens with zero attached hydrogens (tertiary/aromatic N) is 2. The molecule has 0 aromatic heterocycles. The van der Waals surface area contributed by atoms with E-state index in [1.165, 1.54) is 7.11 Å². The van der Waals surface area contributed by atoms with Crippen molar-refractivity contribution in [2.45, 2.75) is 9.74 Å². The Morgan fingerprint density at radius 3 is 1.70 bits per heavy atom. The lowest BCUT2D eigenvalue weighted by atomic mass is 9.67. The molecule has 1 unspecified atom stereocenters. The van der Waals surface area contributed by atoms with E-state index >= 15 is 0 Å². The minimum atomic E-state index is -1.88. The fraction of sp³-hybridized carbons (Fsp3) is 0.167. The van der Waals surface area contributed by atoms with Crippen molar-refractivity contribution in [3.63, 3.8) is 0 Å². The minimum absolute atomic E-state index is 0.525. The number of benzene rings is 2. The molecule has 0 fully saturated rings. The highest BCUT2D eigenvalue weighted by Gasteiger charge is 2.60. The van der Waals surface area contributed by atoms with E-state index in [2.05, 4.69) is 22.0 Å². The molecule has 0 amide bonds. The number of nitriles is 2. The van der Waals surface area contributed by atoms with Gasteiger partial charge in [-0.3, -0.25) is 0 Å². The number of carbonyl (C=O) groups excluding carboxylic acids is 1. The van der Waals surface area contributed by atoms with Crippen LogP contribution in [0.5, 0.6) is 0 Å². The molecule has 2 aromatic rings. The van der Waals surface area contributed by atoms with E-state index in [-0.39, 0.29) is 0 Å². The highest BCUT2D eigenvalue weighted by atomic mass is 79.9. The topological polar surface area (TPSA) is 73.9 Å². The summed E-state index contributed by atoms with van der Waals surface area (Å²) in [6, 6.07) is 21.6. The van der Waals surface area contributed by atoms with Gasteiger partial charge in [0.1, 0.15) is 5.41 Å². The quantitative estimate of drug-likeness (QED) is 0.612. The second-order valence-corrected chi connectivity index (χ2v) is 6.05. The van der Waals surface area contributed by atoms with Crippen molar-refractivity contribution in [3.05, 3.63) is 71.8 Å². The average molecular weight is 369 g/mol. The van der Waals surface area contributed by atoms with Crippen LogP contribution in [0.15, 0.2) is 60.7 Å². The van der Waals surface area contributed by atoms with Crippen LogP contribution in [0, 0.1) is 22.7 Å². The molecule has 4 nitrogen and oxygen atoms in total. The molecule has 0 aliphatic carbocycles. The largest absolute Gasteiger partial charge is 0.467 e. The number of hydrogen-bond acceptors (Lipinski definition) is 4. The molecule has 0 saturated carbocycles. The summed E-state index contributed by atoms with van der Waals surface area (Å²) >= 11 is 3.21. The van der Waals surface area contributed by atoms with Crippen molar-refractivity contribution in [2.75, 3.05) is 7.11 Å². The third-order valence-corrected chi connectivity index (χ3v) is 4.81. The second-order valence-electron chi connectivity index (χ2n) is 4.86. The SMILES string of the molecule is COC(=O)C(Br)(C#N)C(C#N)(c1ccccc1)c1ccccc1. The van der Waals surface area contributed by atoms with Crippen molar-refractivity contribution in [2.24, 2.45) is 0 Å². The second kappa shape index (κ2) is 6.64. The minimum Gasteiger partial charge on any atom is -0.467 e. The predicted molar refractivity (Wildman–Crippen MR) is 88.6 cm³/mol. The molecule has 1 atom stereocenters. The van der Waals surface area contributed by atoms with Gasteiger partial charge in [-0.15, -0.1) is 0 Å². The van der Waals surface area contributed by atoms with Gasteiger partial charge < -0.3 is 4.74 Å². The molecule has 2 rings (SSSR count). The number of carbonyl (C=O) groups is 1. The monoisotopic (exact) mass is 368 g/mol. The van der Waals surface area contributed by atoms with Crippen molar-refractivity contribution in [1.29, 1.82) is 10.5 Å². The first-order valence-electron chi connectivity index (χ1n) is 6.77. The van der Waals surface area contributed by atoms with E-state index < -0.39 is 15.7 Å². The van der Waals surface area contributed by atoms with Crippen molar-refractivity contribution < 1.29 is 9.53 Å². The number of halogens is 1. The molecular formula is C18H13BrN2O2. The first-order chi connectivity index (χ1) is 11.1. The van der Waals surface area contributed by atoms with Crippen LogP contribution in [0.1, 0.15) is 11.1 Å². The van der Waals surface area contributed by atoms with E-state index in [1.807, 2.05) is 6.07 Å². The van der Waals surface area contributed by atoms with E-state index in [0.29, 0.717) is 11.1 Å². The number of alkyl halides is 1. The maximum Gasteiger partial charge on any atom is 0.339 e. The molecule has 0 bridgehead atoms. The molecule has 0 spiro atoms. The summed E-state index contributed by atoms with van der Waals surface area (Å²) in [6.45, 7) is 0. The van der Waals surface area contributed by atoms with Gasteiger partial charge >= 0.3 is 5.97 Å². The van der Waals surface area contributed by atoms with Gasteiger partial charge in [0.2, 0.25) is 4.32 Å². The average Bonchev–Trinajstić information content (AvgIpc) is 2.63. The Labute approximate surface area is 143 Å². The van der Waals surface area contributed by atoms with E-state index in [4.69, 9.17) is 4.74 Å². The van der Waals surface area contributed by atoms with Crippen molar-refractivity contribution in [3.8, 4) is 12.1 Å². The molecule has 0 aliphatic rings. The molecule has 23 heavy (non-hydrogen) atoms. The van der Waals surface area contributed by atoms with Crippen LogP contribution in [0.25, 0.3) is 0 Å². The Morgan fingerprint density at radius 1 is 0.957 bits per heavy atom. The Bertz CT molecular complexity index is 739. The zero-order chi connectivity index (χ0) is 16.9. The highest BCUT2D eigenvalue weighted by Crippen LogP contribution is 2.47. The van der Waals surface area contributed by atoms with Crippen LogP contribution >= 0.6 is 15.9 Å². The van der Waals surface area contributed by atoms with Crippen molar-refractivity contribution in [1.82, 2.24) is 0 Å². The number of hydrogen-bond donors (Lipinski definition) is 0. The normalized spacial score (nSPS) is 13.2. The summed E-state index contributed by atoms with van der Waals surface area (Å²) in [7, 11) is 1.19. The molecular weight excluding hydrogens is 356 g/mol. The van der Waals surface area contributed by atoms with Crippen LogP contribution in [0.4, 0.5) is 0 Å². The van der Waals surface area contributed by atoms with Crippen LogP contribution in [0.2, 0.25) is 0 Å². The number of ether oxygens (including phenoxy) is 1. The van der Waals surface area contributed by atoms with E-state index in [1.54, 1.807) is 60.7 Å². The lowest BCUT2D eigenvalue weighted by molar-refractivity contribution is -0.142. The number of methoxy groups -OCH3 is 1. The Kier molecular flexibility index (Phi) is 4.83. The zero-order valence-electron chi connectivity index (χ0n) is 12.4. The standard InChI is InChI=1S/C18H13BrN2O2/c1-23-16(22)18(19,13-21)17(12-20,14-8-4-2-5-9-14)15-10-6-3-7-11-15/h2-11H,1H3. The first-order valence-corrected chi connectivity index (χ1v) is 7.57. The highest BCUT2D eigenvalue weighted by molar-refractivity contribution is 9.10. The van der Waals surface area contributed by atoms with Gasteiger partial charge in [-0.05, 0) is 11.1 Å². The van der Waals surface area contributed by atoms with Crippen LogP contribution < -0.4 is 0 Å². The van der Waals surface area contributed by atoms with Gasteiger partial charge in [0, 0.05) is 0 Å². The third kappa shape index (κ3) is 2.50. The summed E-state index contributed by atoms with van der Waals surface area (Å²) in [5.41, 5.74) is -0.507.